The number of nitrogens with zero attached hydrogens (tertiary/aromatic N) is 5. The number of hydrogen-bond acceptors (Lipinski definition) is 6. The summed E-state index contributed by atoms with van der Waals surface area (Å²) in [6.45, 7) is 5.13. The number of carbonyl (C=O) groups is 1. The second kappa shape index (κ2) is 13.2. The number of anilines is 1. The van der Waals surface area contributed by atoms with Crippen LogP contribution >= 0.6 is 11.8 Å². The number of thioether (sulfide) groups is 1. The molecule has 240 valence electrons. The van der Waals surface area contributed by atoms with Gasteiger partial charge < -0.3 is 14.4 Å². The lowest BCUT2D eigenvalue weighted by Crippen LogP contribution is -2.35. The summed E-state index contributed by atoms with van der Waals surface area (Å²) in [5.74, 6) is 2.66. The lowest BCUT2D eigenvalue weighted by Gasteiger charge is -2.32. The molecule has 2 aliphatic rings. The predicted octanol–water partition coefficient (Wildman–Crippen LogP) is 7.98. The Hall–Kier alpha value is -4.32. The Morgan fingerprint density at radius 3 is 2.50 bits per heavy atom. The molecule has 0 spiro atoms. The van der Waals surface area contributed by atoms with Crippen LogP contribution in [-0.4, -0.2) is 51.6 Å². The lowest BCUT2D eigenvalue weighted by molar-refractivity contribution is -0.274. The first-order valence-corrected chi connectivity index (χ1v) is 16.1. The zero-order valence-electron chi connectivity index (χ0n) is 25.7. The number of amidine groups is 1. The Kier molecular flexibility index (Phi) is 9.08. The fourth-order valence-corrected chi connectivity index (χ4v) is 6.67. The number of aromatic nitrogens is 3. The van der Waals surface area contributed by atoms with Crippen molar-refractivity contribution < 1.29 is 27.4 Å². The molecule has 2 unspecified atom stereocenters. The van der Waals surface area contributed by atoms with E-state index < -0.39 is 6.36 Å². The molecule has 6 rings (SSSR count). The van der Waals surface area contributed by atoms with Crippen molar-refractivity contribution in [2.24, 2.45) is 10.9 Å². The monoisotopic (exact) mass is 649 g/mol. The Morgan fingerprint density at radius 2 is 1.80 bits per heavy atom. The first kappa shape index (κ1) is 31.7. The van der Waals surface area contributed by atoms with Crippen molar-refractivity contribution in [2.45, 2.75) is 51.3 Å². The number of alkyl halides is 3. The number of halogens is 3. The first-order valence-electron chi connectivity index (χ1n) is 15.2. The highest BCUT2D eigenvalue weighted by Gasteiger charge is 2.40. The molecular formula is C34H34F3N5O3S. The summed E-state index contributed by atoms with van der Waals surface area (Å²) in [7, 11) is 1.66. The van der Waals surface area contributed by atoms with Gasteiger partial charge in [0.15, 0.2) is 11.0 Å². The number of benzene rings is 3. The maximum absolute atomic E-state index is 13.2. The highest BCUT2D eigenvalue weighted by molar-refractivity contribution is 8.14. The van der Waals surface area contributed by atoms with Crippen LogP contribution in [0.4, 0.5) is 18.9 Å². The standard InChI is InChI=1S/C34H34F3N5O3S/c1-21(2)28-14-13-27(44-3)19-30(28)41-15-4-16-46-33(41)39-31(43)18-24-17-29(24)22-5-7-23(8-6-22)32-38-20-42(40-32)25-9-11-26(12-10-25)45-34(35,36)37/h5-14,19-21,24,29H,4,15-18H2,1-3H3. The van der Waals surface area contributed by atoms with Crippen LogP contribution in [-0.2, 0) is 4.79 Å². The van der Waals surface area contributed by atoms with Gasteiger partial charge in [-0.15, -0.1) is 18.3 Å². The fraction of sp³-hybridized carbons (Fsp3) is 0.353. The third kappa shape index (κ3) is 7.38. The molecule has 1 aliphatic carbocycles. The molecule has 1 saturated heterocycles. The molecule has 0 N–H and O–H groups in total. The van der Waals surface area contributed by atoms with Gasteiger partial charge in [-0.2, -0.15) is 4.99 Å². The van der Waals surface area contributed by atoms with Crippen molar-refractivity contribution in [1.82, 2.24) is 14.8 Å². The molecular weight excluding hydrogens is 615 g/mol. The summed E-state index contributed by atoms with van der Waals surface area (Å²) in [5.41, 5.74) is 4.76. The maximum atomic E-state index is 13.2. The van der Waals surface area contributed by atoms with Gasteiger partial charge in [-0.05, 0) is 72.1 Å². The molecule has 4 aromatic rings. The molecule has 2 fully saturated rings. The molecule has 1 amide bonds. The zero-order valence-corrected chi connectivity index (χ0v) is 26.5. The Labute approximate surface area is 269 Å². The SMILES string of the molecule is COc1ccc(C(C)C)c(N2CCCSC2=NC(=O)CC2CC2c2ccc(-c3ncn(-c4ccc(OC(F)(F)F)cc4)n3)cc2)c1. The van der Waals surface area contributed by atoms with E-state index in [1.54, 1.807) is 18.9 Å². The normalized spacial score (nSPS) is 19.0. The van der Waals surface area contributed by atoms with E-state index in [-0.39, 0.29) is 17.6 Å². The van der Waals surface area contributed by atoms with Crippen molar-refractivity contribution >= 4 is 28.5 Å². The third-order valence-corrected chi connectivity index (χ3v) is 9.20. The average Bonchev–Trinajstić information content (AvgIpc) is 3.61. The largest absolute Gasteiger partial charge is 0.573 e. The zero-order chi connectivity index (χ0) is 32.4. The summed E-state index contributed by atoms with van der Waals surface area (Å²) >= 11 is 1.63. The summed E-state index contributed by atoms with van der Waals surface area (Å²) in [6, 6.07) is 19.5. The van der Waals surface area contributed by atoms with Gasteiger partial charge in [0.2, 0.25) is 5.91 Å². The lowest BCUT2D eigenvalue weighted by atomic mass is 10.00. The van der Waals surface area contributed by atoms with Crippen molar-refractivity contribution in [1.29, 1.82) is 0 Å². The minimum atomic E-state index is -4.75. The van der Waals surface area contributed by atoms with E-state index in [0.29, 0.717) is 29.8 Å². The van der Waals surface area contributed by atoms with Gasteiger partial charge in [-0.25, -0.2) is 9.67 Å². The molecule has 1 aromatic heterocycles. The molecule has 2 atom stereocenters. The van der Waals surface area contributed by atoms with Gasteiger partial charge in [0.05, 0.1) is 12.8 Å². The third-order valence-electron chi connectivity index (χ3n) is 8.14. The minimum Gasteiger partial charge on any atom is -0.497 e. The van der Waals surface area contributed by atoms with Gasteiger partial charge >= 0.3 is 6.36 Å². The molecule has 0 radical (unpaired) electrons. The summed E-state index contributed by atoms with van der Waals surface area (Å²) in [4.78, 5) is 24.3. The molecule has 0 bridgehead atoms. The smallest absolute Gasteiger partial charge is 0.497 e. The minimum absolute atomic E-state index is 0.0970. The Bertz CT molecular complexity index is 1720. The molecule has 1 aliphatic heterocycles. The van der Waals surface area contributed by atoms with Crippen molar-refractivity contribution in [3.8, 4) is 28.6 Å². The van der Waals surface area contributed by atoms with Gasteiger partial charge in [-0.3, -0.25) is 4.79 Å². The Balaban J connectivity index is 1.08. The van der Waals surface area contributed by atoms with Gasteiger partial charge in [0.1, 0.15) is 17.8 Å². The number of hydrogen-bond donors (Lipinski definition) is 0. The van der Waals surface area contributed by atoms with Crippen LogP contribution in [0.25, 0.3) is 17.1 Å². The second-order valence-electron chi connectivity index (χ2n) is 11.7. The molecule has 2 heterocycles. The van der Waals surface area contributed by atoms with E-state index in [1.807, 2.05) is 36.4 Å². The van der Waals surface area contributed by atoms with E-state index in [0.717, 1.165) is 52.9 Å². The number of ether oxygens (including phenoxy) is 2. The van der Waals surface area contributed by atoms with Crippen molar-refractivity contribution in [2.75, 3.05) is 24.3 Å². The Morgan fingerprint density at radius 1 is 1.07 bits per heavy atom. The van der Waals surface area contributed by atoms with Crippen LogP contribution in [0.15, 0.2) is 78.0 Å². The number of rotatable bonds is 9. The predicted molar refractivity (Wildman–Crippen MR) is 173 cm³/mol. The van der Waals surface area contributed by atoms with Crippen LogP contribution in [0.2, 0.25) is 0 Å². The van der Waals surface area contributed by atoms with E-state index in [4.69, 9.17) is 4.74 Å². The van der Waals surface area contributed by atoms with Gasteiger partial charge in [0.25, 0.3) is 0 Å². The summed E-state index contributed by atoms with van der Waals surface area (Å²) < 4.78 is 48.3. The van der Waals surface area contributed by atoms with E-state index >= 15 is 0 Å². The maximum Gasteiger partial charge on any atom is 0.573 e. The fourth-order valence-electron chi connectivity index (χ4n) is 5.71. The van der Waals surface area contributed by atoms with E-state index in [1.165, 1.54) is 40.8 Å². The topological polar surface area (TPSA) is 81.8 Å². The molecule has 3 aromatic carbocycles. The summed E-state index contributed by atoms with van der Waals surface area (Å²) in [5, 5.41) is 5.23. The van der Waals surface area contributed by atoms with Gasteiger partial charge in [0, 0.05) is 36.0 Å². The van der Waals surface area contributed by atoms with E-state index in [2.05, 4.69) is 44.6 Å². The van der Waals surface area contributed by atoms with Crippen LogP contribution in [0, 0.1) is 5.92 Å². The van der Waals surface area contributed by atoms with Crippen molar-refractivity contribution in [3.63, 3.8) is 0 Å². The number of amides is 1. The first-order chi connectivity index (χ1) is 22.1. The average molecular weight is 650 g/mol. The van der Waals surface area contributed by atoms with Crippen molar-refractivity contribution in [3.05, 3.63) is 84.2 Å². The number of aliphatic imine (C=N–C) groups is 1. The van der Waals surface area contributed by atoms with Crippen LogP contribution in [0.3, 0.4) is 0 Å². The highest BCUT2D eigenvalue weighted by Crippen LogP contribution is 2.50. The number of methoxy groups -OCH3 is 1. The van der Waals surface area contributed by atoms with Gasteiger partial charge in [-0.1, -0.05) is 55.9 Å². The van der Waals surface area contributed by atoms with Crippen LogP contribution < -0.4 is 14.4 Å². The molecule has 46 heavy (non-hydrogen) atoms. The molecule has 8 nitrogen and oxygen atoms in total. The second-order valence-corrected chi connectivity index (χ2v) is 12.8. The van der Waals surface area contributed by atoms with E-state index in [9.17, 15) is 18.0 Å². The van der Waals surface area contributed by atoms with Crippen LogP contribution in [0.1, 0.15) is 56.1 Å². The molecule has 1 saturated carbocycles. The quantitative estimate of drug-likeness (QED) is 0.182. The highest BCUT2D eigenvalue weighted by atomic mass is 32.2. The summed E-state index contributed by atoms with van der Waals surface area (Å²) in [6.07, 6.45) is -0.891. The van der Waals surface area contributed by atoms with Crippen LogP contribution in [0.5, 0.6) is 11.5 Å². The molecule has 12 heteroatoms. The number of carbonyl (C=O) groups excluding carboxylic acids is 1.